The van der Waals surface area contributed by atoms with E-state index in [2.05, 4.69) is 16.8 Å². The van der Waals surface area contributed by atoms with Gasteiger partial charge in [0.1, 0.15) is 17.1 Å². The zero-order valence-corrected chi connectivity index (χ0v) is 14.1. The van der Waals surface area contributed by atoms with Gasteiger partial charge in [0, 0.05) is 16.2 Å². The van der Waals surface area contributed by atoms with Crippen molar-refractivity contribution in [3.63, 3.8) is 0 Å². The first kappa shape index (κ1) is 16.2. The molecule has 1 heterocycles. The first-order valence-corrected chi connectivity index (χ1v) is 7.82. The van der Waals surface area contributed by atoms with Crippen molar-refractivity contribution in [2.45, 2.75) is 20.0 Å². The molecule has 1 atom stereocenters. The molecule has 0 amide bonds. The molecule has 0 aliphatic carbocycles. The van der Waals surface area contributed by atoms with Crippen molar-refractivity contribution in [1.29, 1.82) is 0 Å². The predicted octanol–water partition coefficient (Wildman–Crippen LogP) is 4.25. The van der Waals surface area contributed by atoms with Gasteiger partial charge >= 0.3 is 5.97 Å². The number of hydrogen-bond acceptors (Lipinski definition) is 4. The molecule has 6 heteroatoms. The third-order valence-corrected chi connectivity index (χ3v) is 3.80. The van der Waals surface area contributed by atoms with Crippen LogP contribution in [0.1, 0.15) is 25.5 Å². The quantitative estimate of drug-likeness (QED) is 0.525. The predicted molar refractivity (Wildman–Crippen MR) is 93.2 cm³/mol. The van der Waals surface area contributed by atoms with E-state index in [0.717, 1.165) is 16.8 Å². The maximum atomic E-state index is 11.8. The number of esters is 1. The molecule has 0 spiro atoms. The molecule has 0 aliphatic rings. The van der Waals surface area contributed by atoms with Gasteiger partial charge < -0.3 is 4.74 Å². The molecule has 1 unspecified atom stereocenters. The van der Waals surface area contributed by atoms with Crippen LogP contribution in [0.5, 0.6) is 0 Å². The Labute approximate surface area is 144 Å². The number of para-hydroxylation sites is 1. The van der Waals surface area contributed by atoms with Crippen LogP contribution in [0.3, 0.4) is 0 Å². The summed E-state index contributed by atoms with van der Waals surface area (Å²) < 4.78 is 5.42. The number of halogens is 1. The molecule has 0 saturated heterocycles. The maximum Gasteiger partial charge on any atom is 0.333 e. The summed E-state index contributed by atoms with van der Waals surface area (Å²) in [6.07, 6.45) is -0.455. The number of fused-ring (bicyclic) bond motifs is 1. The summed E-state index contributed by atoms with van der Waals surface area (Å²) in [7, 11) is 0. The lowest BCUT2D eigenvalue weighted by Gasteiger charge is -2.16. The molecule has 0 radical (unpaired) electrons. The number of rotatable bonds is 4. The second-order valence-corrected chi connectivity index (χ2v) is 5.95. The molecule has 0 saturated carbocycles. The lowest BCUT2D eigenvalue weighted by atomic mass is 10.1. The molecule has 122 valence electrons. The number of aromatic nitrogens is 3. The summed E-state index contributed by atoms with van der Waals surface area (Å²) in [5, 5.41) is 9.54. The van der Waals surface area contributed by atoms with Gasteiger partial charge in [0.05, 0.1) is 5.69 Å². The van der Waals surface area contributed by atoms with Gasteiger partial charge in [0.15, 0.2) is 0 Å². The smallest absolute Gasteiger partial charge is 0.333 e. The van der Waals surface area contributed by atoms with Gasteiger partial charge in [-0.3, -0.25) is 0 Å². The topological polar surface area (TPSA) is 57.0 Å². The Morgan fingerprint density at radius 3 is 2.67 bits per heavy atom. The molecule has 2 aromatic carbocycles. The fraction of sp³-hybridized carbons (Fsp3) is 0.167. The average molecular weight is 342 g/mol. The van der Waals surface area contributed by atoms with Crippen molar-refractivity contribution in [2.24, 2.45) is 0 Å². The Morgan fingerprint density at radius 2 is 1.92 bits per heavy atom. The second kappa shape index (κ2) is 6.45. The van der Waals surface area contributed by atoms with Crippen molar-refractivity contribution in [3.05, 3.63) is 65.2 Å². The maximum absolute atomic E-state index is 11.8. The molecular weight excluding hydrogens is 326 g/mol. The lowest BCUT2D eigenvalue weighted by Crippen LogP contribution is -2.12. The minimum atomic E-state index is -0.455. The summed E-state index contributed by atoms with van der Waals surface area (Å²) in [6.45, 7) is 7.03. The third-order valence-electron chi connectivity index (χ3n) is 3.56. The van der Waals surface area contributed by atoms with Gasteiger partial charge in [-0.15, -0.1) is 15.0 Å². The number of nitrogens with zero attached hydrogens (tertiary/aromatic N) is 3. The van der Waals surface area contributed by atoms with Crippen molar-refractivity contribution in [1.82, 2.24) is 15.0 Å². The van der Waals surface area contributed by atoms with Crippen LogP contribution in [0.25, 0.3) is 16.7 Å². The number of carbonyl (C=O) groups excluding carboxylic acids is 1. The molecule has 0 bridgehead atoms. The molecule has 5 nitrogen and oxygen atoms in total. The molecule has 0 aliphatic heterocycles. The number of hydrogen-bond donors (Lipinski definition) is 0. The average Bonchev–Trinajstić information content (AvgIpc) is 2.97. The number of ether oxygens (including phenoxy) is 1. The van der Waals surface area contributed by atoms with E-state index in [0.29, 0.717) is 16.1 Å². The van der Waals surface area contributed by atoms with Crippen LogP contribution in [0.2, 0.25) is 5.02 Å². The highest BCUT2D eigenvalue weighted by Crippen LogP contribution is 2.25. The first-order valence-electron chi connectivity index (χ1n) is 7.44. The van der Waals surface area contributed by atoms with E-state index >= 15 is 0 Å². The van der Waals surface area contributed by atoms with Crippen molar-refractivity contribution in [3.8, 4) is 5.69 Å². The van der Waals surface area contributed by atoms with Gasteiger partial charge in [-0.05, 0) is 38.1 Å². The fourth-order valence-electron chi connectivity index (χ4n) is 2.33. The zero-order valence-electron chi connectivity index (χ0n) is 13.4. The Kier molecular flexibility index (Phi) is 4.36. The van der Waals surface area contributed by atoms with Gasteiger partial charge in [-0.25, -0.2) is 4.79 Å². The molecule has 1 aromatic heterocycles. The van der Waals surface area contributed by atoms with Gasteiger partial charge in [0.25, 0.3) is 0 Å². The summed E-state index contributed by atoms with van der Waals surface area (Å²) >= 11 is 6.00. The SMILES string of the molecule is C=C(C)C(=O)OC(C)c1ccccc1-n1nc2ccc(Cl)cc2n1. The highest BCUT2D eigenvalue weighted by Gasteiger charge is 2.18. The molecule has 3 rings (SSSR count). The van der Waals surface area contributed by atoms with Crippen LogP contribution in [-0.4, -0.2) is 21.0 Å². The van der Waals surface area contributed by atoms with Gasteiger partial charge in [-0.2, -0.15) is 0 Å². The standard InChI is InChI=1S/C18H16ClN3O2/c1-11(2)18(23)24-12(3)14-6-4-5-7-17(14)22-20-15-9-8-13(19)10-16(15)21-22/h4-10,12H,1H2,2-3H3. The second-order valence-electron chi connectivity index (χ2n) is 5.51. The van der Waals surface area contributed by atoms with E-state index in [1.54, 1.807) is 26.0 Å². The van der Waals surface area contributed by atoms with Crippen LogP contribution in [0.4, 0.5) is 0 Å². The van der Waals surface area contributed by atoms with Crippen LogP contribution in [0.15, 0.2) is 54.6 Å². The Bertz CT molecular complexity index is 933. The Balaban J connectivity index is 2.01. The van der Waals surface area contributed by atoms with E-state index in [-0.39, 0.29) is 0 Å². The molecule has 3 aromatic rings. The molecule has 24 heavy (non-hydrogen) atoms. The monoisotopic (exact) mass is 341 g/mol. The molecule has 0 fully saturated rings. The van der Waals surface area contributed by atoms with E-state index < -0.39 is 12.1 Å². The summed E-state index contributed by atoms with van der Waals surface area (Å²) in [6, 6.07) is 12.9. The van der Waals surface area contributed by atoms with Crippen molar-refractivity contribution >= 4 is 28.6 Å². The van der Waals surface area contributed by atoms with Crippen LogP contribution >= 0.6 is 11.6 Å². The third kappa shape index (κ3) is 3.16. The summed E-state index contributed by atoms with van der Waals surface area (Å²) in [4.78, 5) is 13.3. The summed E-state index contributed by atoms with van der Waals surface area (Å²) in [5.41, 5.74) is 3.34. The van der Waals surface area contributed by atoms with E-state index in [1.165, 1.54) is 4.80 Å². The fourth-order valence-corrected chi connectivity index (χ4v) is 2.50. The van der Waals surface area contributed by atoms with Crippen LogP contribution < -0.4 is 0 Å². The zero-order chi connectivity index (χ0) is 17.3. The van der Waals surface area contributed by atoms with Gasteiger partial charge in [-0.1, -0.05) is 36.4 Å². The first-order chi connectivity index (χ1) is 11.5. The van der Waals surface area contributed by atoms with E-state index in [1.807, 2.05) is 30.3 Å². The van der Waals surface area contributed by atoms with Crippen molar-refractivity contribution in [2.75, 3.05) is 0 Å². The normalized spacial score (nSPS) is 12.1. The lowest BCUT2D eigenvalue weighted by molar-refractivity contribution is -0.143. The summed E-state index contributed by atoms with van der Waals surface area (Å²) in [5.74, 6) is -0.428. The number of benzene rings is 2. The van der Waals surface area contributed by atoms with Crippen molar-refractivity contribution < 1.29 is 9.53 Å². The Hall–Kier alpha value is -2.66. The van der Waals surface area contributed by atoms with E-state index in [4.69, 9.17) is 16.3 Å². The van der Waals surface area contributed by atoms with E-state index in [9.17, 15) is 4.79 Å². The number of carbonyl (C=O) groups is 1. The highest BCUT2D eigenvalue weighted by molar-refractivity contribution is 6.31. The van der Waals surface area contributed by atoms with Crippen LogP contribution in [-0.2, 0) is 9.53 Å². The largest absolute Gasteiger partial charge is 0.454 e. The molecule has 0 N–H and O–H groups in total. The molecular formula is C18H16ClN3O2. The Morgan fingerprint density at radius 1 is 1.21 bits per heavy atom. The minimum Gasteiger partial charge on any atom is -0.454 e. The minimum absolute atomic E-state index is 0.358. The van der Waals surface area contributed by atoms with Gasteiger partial charge in [0.2, 0.25) is 0 Å². The van der Waals surface area contributed by atoms with Crippen LogP contribution in [0, 0.1) is 0 Å². The highest BCUT2D eigenvalue weighted by atomic mass is 35.5.